The Kier molecular flexibility index (Phi) is 10.4. The fourth-order valence-corrected chi connectivity index (χ4v) is 5.49. The summed E-state index contributed by atoms with van der Waals surface area (Å²) in [7, 11) is 1.51. The van der Waals surface area contributed by atoms with E-state index in [1.54, 1.807) is 6.07 Å². The average molecular weight is 524 g/mol. The van der Waals surface area contributed by atoms with Gasteiger partial charge in [0.15, 0.2) is 5.78 Å². The first kappa shape index (κ1) is 31.2. The molecule has 208 valence electrons. The summed E-state index contributed by atoms with van der Waals surface area (Å²) in [6.07, 6.45) is 3.74. The Morgan fingerprint density at radius 3 is 1.76 bits per heavy atom. The van der Waals surface area contributed by atoms with Crippen molar-refractivity contribution >= 4 is 17.7 Å². The van der Waals surface area contributed by atoms with E-state index in [-0.39, 0.29) is 23.5 Å². The summed E-state index contributed by atoms with van der Waals surface area (Å²) in [5.74, 6) is -1.41. The Bertz CT molecular complexity index is 1170. The van der Waals surface area contributed by atoms with Gasteiger partial charge in [-0.2, -0.15) is 0 Å². The molecule has 2 atom stereocenters. The normalized spacial score (nSPS) is 14.0. The number of aryl methyl sites for hydroxylation is 2. The van der Waals surface area contributed by atoms with E-state index >= 15 is 0 Å². The molecular formula is C32H45NO5. The first-order valence-electron chi connectivity index (χ1n) is 13.8. The van der Waals surface area contributed by atoms with Gasteiger partial charge < -0.3 is 15.1 Å². The zero-order chi connectivity index (χ0) is 28.8. The maximum atomic E-state index is 13.1. The highest BCUT2D eigenvalue weighted by molar-refractivity contribution is 5.98. The zero-order valence-corrected chi connectivity index (χ0v) is 24.4. The van der Waals surface area contributed by atoms with Crippen LogP contribution in [-0.2, 0) is 10.2 Å². The molecule has 1 amide bonds. The monoisotopic (exact) mass is 523 g/mol. The number of rotatable bonds is 13. The molecule has 6 heteroatoms. The fourth-order valence-electron chi connectivity index (χ4n) is 5.49. The molecule has 2 rings (SSSR count). The van der Waals surface area contributed by atoms with Gasteiger partial charge in [-0.05, 0) is 74.8 Å². The summed E-state index contributed by atoms with van der Waals surface area (Å²) in [4.78, 5) is 38.8. The van der Waals surface area contributed by atoms with Crippen molar-refractivity contribution in [1.29, 1.82) is 0 Å². The van der Waals surface area contributed by atoms with Crippen LogP contribution in [0.4, 0.5) is 0 Å². The topological polar surface area (TPSA) is 94.9 Å². The number of carbonyl (C=O) groups is 3. The molecule has 0 aliphatic rings. The van der Waals surface area contributed by atoms with E-state index in [0.717, 1.165) is 41.5 Å². The van der Waals surface area contributed by atoms with Crippen LogP contribution in [0.15, 0.2) is 36.4 Å². The van der Waals surface area contributed by atoms with Crippen molar-refractivity contribution < 1.29 is 24.6 Å². The van der Waals surface area contributed by atoms with Crippen molar-refractivity contribution in [3.63, 3.8) is 0 Å². The van der Waals surface area contributed by atoms with E-state index in [9.17, 15) is 24.6 Å². The molecule has 0 fully saturated rings. The number of benzene rings is 2. The SMILES string of the molecule is CCCC(O)(CC)CC(=O)c1ccc(C(CC)(CC)c2ccc(C(=O)N(C)C(C)C(=O)O)c(C)c2)cc1C. The maximum Gasteiger partial charge on any atom is 0.326 e. The number of aliphatic carboxylic acids is 1. The molecule has 0 aliphatic carbocycles. The summed E-state index contributed by atoms with van der Waals surface area (Å²) in [6, 6.07) is 10.9. The minimum Gasteiger partial charge on any atom is -0.480 e. The Morgan fingerprint density at radius 2 is 1.37 bits per heavy atom. The number of carboxylic acids is 1. The fraction of sp³-hybridized carbons (Fsp3) is 0.531. The van der Waals surface area contributed by atoms with Crippen molar-refractivity contribution in [2.45, 2.75) is 104 Å². The molecule has 0 spiro atoms. The molecular weight excluding hydrogens is 478 g/mol. The standard InChI is InChI=1S/C32H45NO5/c1-9-17-31(38,10-2)20-28(34)26-15-13-24(18-21(26)5)32(11-3,12-4)25-14-16-27(22(6)19-25)29(35)33(8)23(7)30(36)37/h13-16,18-19,23,38H,9-12,17,20H2,1-8H3,(H,36,37). The molecule has 2 unspecified atom stereocenters. The highest BCUT2D eigenvalue weighted by Gasteiger charge is 2.33. The van der Waals surface area contributed by atoms with Crippen LogP contribution in [-0.4, -0.2) is 51.5 Å². The average Bonchev–Trinajstić information content (AvgIpc) is 2.88. The van der Waals surface area contributed by atoms with Crippen molar-refractivity contribution in [3.05, 3.63) is 69.8 Å². The lowest BCUT2D eigenvalue weighted by molar-refractivity contribution is -0.141. The van der Waals surface area contributed by atoms with Crippen LogP contribution < -0.4 is 0 Å². The largest absolute Gasteiger partial charge is 0.480 e. The molecule has 0 aliphatic heterocycles. The van der Waals surface area contributed by atoms with Crippen LogP contribution in [0, 0.1) is 13.8 Å². The number of Topliss-reactive ketones (excluding diaryl/α,β-unsaturated/α-hetero) is 1. The molecule has 2 aromatic rings. The third kappa shape index (κ3) is 6.35. The minimum atomic E-state index is -1.05. The second kappa shape index (κ2) is 12.7. The third-order valence-corrected chi connectivity index (χ3v) is 8.42. The van der Waals surface area contributed by atoms with Gasteiger partial charge in [0.05, 0.1) is 5.60 Å². The molecule has 2 N–H and O–H groups in total. The lowest BCUT2D eigenvalue weighted by Crippen LogP contribution is -2.40. The molecule has 0 aromatic heterocycles. The summed E-state index contributed by atoms with van der Waals surface area (Å²) in [5, 5.41) is 20.2. The Labute approximate surface area is 228 Å². The van der Waals surface area contributed by atoms with E-state index in [2.05, 4.69) is 19.9 Å². The maximum absolute atomic E-state index is 13.1. The van der Waals surface area contributed by atoms with E-state index in [0.29, 0.717) is 24.0 Å². The van der Waals surface area contributed by atoms with E-state index in [4.69, 9.17) is 0 Å². The van der Waals surface area contributed by atoms with Crippen LogP contribution in [0.1, 0.15) is 116 Å². The summed E-state index contributed by atoms with van der Waals surface area (Å²) in [5.41, 5.74) is 3.70. The van der Waals surface area contributed by atoms with Gasteiger partial charge in [-0.25, -0.2) is 4.79 Å². The lowest BCUT2D eigenvalue weighted by Gasteiger charge is -2.34. The van der Waals surface area contributed by atoms with Crippen molar-refractivity contribution in [2.75, 3.05) is 7.05 Å². The number of carbonyl (C=O) groups excluding carboxylic acids is 2. The van der Waals surface area contributed by atoms with Crippen LogP contribution in [0.5, 0.6) is 0 Å². The molecule has 38 heavy (non-hydrogen) atoms. The van der Waals surface area contributed by atoms with Crippen molar-refractivity contribution in [2.24, 2.45) is 0 Å². The number of hydrogen-bond donors (Lipinski definition) is 2. The van der Waals surface area contributed by atoms with Crippen molar-refractivity contribution in [3.8, 4) is 0 Å². The minimum absolute atomic E-state index is 0.0381. The molecule has 0 heterocycles. The number of carboxylic acid groups (broad SMARTS) is 1. The zero-order valence-electron chi connectivity index (χ0n) is 24.4. The van der Waals surface area contributed by atoms with E-state index < -0.39 is 17.6 Å². The number of nitrogens with zero attached hydrogens (tertiary/aromatic N) is 1. The van der Waals surface area contributed by atoms with Gasteiger partial charge in [-0.3, -0.25) is 9.59 Å². The van der Waals surface area contributed by atoms with Gasteiger partial charge >= 0.3 is 5.97 Å². The van der Waals surface area contributed by atoms with Crippen LogP contribution in [0.3, 0.4) is 0 Å². The van der Waals surface area contributed by atoms with Gasteiger partial charge in [0.1, 0.15) is 6.04 Å². The Balaban J connectivity index is 2.46. The second-order valence-electron chi connectivity index (χ2n) is 10.7. The number of ketones is 1. The van der Waals surface area contributed by atoms with Gasteiger partial charge in [0, 0.05) is 30.0 Å². The quantitative estimate of drug-likeness (QED) is 0.294. The molecule has 0 radical (unpaired) electrons. The molecule has 6 nitrogen and oxygen atoms in total. The van der Waals surface area contributed by atoms with E-state index in [1.165, 1.54) is 18.9 Å². The molecule has 0 bridgehead atoms. The Morgan fingerprint density at radius 1 is 0.868 bits per heavy atom. The summed E-state index contributed by atoms with van der Waals surface area (Å²) < 4.78 is 0. The number of hydrogen-bond acceptors (Lipinski definition) is 4. The van der Waals surface area contributed by atoms with Crippen LogP contribution >= 0.6 is 0 Å². The van der Waals surface area contributed by atoms with E-state index in [1.807, 2.05) is 52.0 Å². The second-order valence-corrected chi connectivity index (χ2v) is 10.7. The molecule has 2 aromatic carbocycles. The smallest absolute Gasteiger partial charge is 0.326 e. The Hall–Kier alpha value is -2.99. The van der Waals surface area contributed by atoms with Gasteiger partial charge in [0.25, 0.3) is 5.91 Å². The first-order chi connectivity index (χ1) is 17.8. The third-order valence-electron chi connectivity index (χ3n) is 8.42. The summed E-state index contributed by atoms with van der Waals surface area (Å²) in [6.45, 7) is 13.5. The highest BCUT2D eigenvalue weighted by atomic mass is 16.4. The van der Waals surface area contributed by atoms with Gasteiger partial charge in [-0.15, -0.1) is 0 Å². The number of aliphatic hydroxyl groups is 1. The summed E-state index contributed by atoms with van der Waals surface area (Å²) >= 11 is 0. The van der Waals surface area contributed by atoms with Crippen molar-refractivity contribution in [1.82, 2.24) is 4.90 Å². The first-order valence-corrected chi connectivity index (χ1v) is 13.8. The lowest BCUT2D eigenvalue weighted by atomic mass is 9.69. The van der Waals surface area contributed by atoms with Crippen LogP contribution in [0.25, 0.3) is 0 Å². The predicted octanol–water partition coefficient (Wildman–Crippen LogP) is 6.47. The number of amides is 1. The predicted molar refractivity (Wildman–Crippen MR) is 152 cm³/mol. The molecule has 0 saturated carbocycles. The van der Waals surface area contributed by atoms with Gasteiger partial charge in [0.2, 0.25) is 0 Å². The van der Waals surface area contributed by atoms with Gasteiger partial charge in [-0.1, -0.05) is 64.4 Å². The van der Waals surface area contributed by atoms with Crippen LogP contribution in [0.2, 0.25) is 0 Å². The molecule has 0 saturated heterocycles. The number of likely N-dealkylation sites (N-methyl/N-ethyl adjacent to an activating group) is 1. The highest BCUT2D eigenvalue weighted by Crippen LogP contribution is 2.40.